The van der Waals surface area contributed by atoms with Gasteiger partial charge in [-0.25, -0.2) is 9.82 Å². The monoisotopic (exact) mass is 366 g/mol. The van der Waals surface area contributed by atoms with Crippen molar-refractivity contribution in [3.63, 3.8) is 0 Å². The van der Waals surface area contributed by atoms with Gasteiger partial charge >= 0.3 is 0 Å². The van der Waals surface area contributed by atoms with E-state index < -0.39 is 11.7 Å². The molecular formula is C21H19FN2O3. The fourth-order valence-electron chi connectivity index (χ4n) is 2.71. The lowest BCUT2D eigenvalue weighted by Crippen LogP contribution is -2.25. The van der Waals surface area contributed by atoms with Crippen molar-refractivity contribution >= 4 is 22.4 Å². The van der Waals surface area contributed by atoms with Gasteiger partial charge in [0.05, 0.1) is 12.8 Å². The Bertz CT molecular complexity index is 1000. The maximum absolute atomic E-state index is 13.5. The first-order valence-electron chi connectivity index (χ1n) is 8.36. The van der Waals surface area contributed by atoms with Gasteiger partial charge in [-0.1, -0.05) is 36.4 Å². The highest BCUT2D eigenvalue weighted by Gasteiger charge is 2.10. The molecule has 0 aromatic heterocycles. The first-order valence-corrected chi connectivity index (χ1v) is 8.36. The van der Waals surface area contributed by atoms with Crippen LogP contribution in [0.25, 0.3) is 10.8 Å². The van der Waals surface area contributed by atoms with E-state index in [9.17, 15) is 9.18 Å². The van der Waals surface area contributed by atoms with E-state index in [0.29, 0.717) is 5.71 Å². The summed E-state index contributed by atoms with van der Waals surface area (Å²) in [6, 6.07) is 17.5. The highest BCUT2D eigenvalue weighted by Crippen LogP contribution is 2.28. The van der Waals surface area contributed by atoms with Crippen LogP contribution in [-0.2, 0) is 4.79 Å². The molecule has 27 heavy (non-hydrogen) atoms. The normalized spacial score (nSPS) is 11.3. The molecule has 6 heteroatoms. The molecule has 0 radical (unpaired) electrons. The van der Waals surface area contributed by atoms with Crippen molar-refractivity contribution < 1.29 is 18.7 Å². The molecular weight excluding hydrogens is 347 g/mol. The molecule has 0 unspecified atom stereocenters. The molecule has 0 bridgehead atoms. The number of methoxy groups -OCH3 is 1. The van der Waals surface area contributed by atoms with Crippen LogP contribution in [0.4, 0.5) is 4.39 Å². The van der Waals surface area contributed by atoms with Gasteiger partial charge < -0.3 is 9.47 Å². The summed E-state index contributed by atoms with van der Waals surface area (Å²) < 4.78 is 24.0. The summed E-state index contributed by atoms with van der Waals surface area (Å²) in [6.07, 6.45) is 0. The number of ether oxygens (including phenoxy) is 2. The number of para-hydroxylation sites is 1. The van der Waals surface area contributed by atoms with Crippen LogP contribution in [0.15, 0.2) is 65.8 Å². The molecule has 0 heterocycles. The third-order valence-electron chi connectivity index (χ3n) is 4.04. The van der Waals surface area contributed by atoms with Gasteiger partial charge in [0, 0.05) is 10.9 Å². The van der Waals surface area contributed by atoms with Crippen molar-refractivity contribution in [2.45, 2.75) is 6.92 Å². The SMILES string of the molecule is COc1ccc(/C(C)=N\NC(=O)COc2ccccc2F)c2ccccc12. The molecule has 3 rings (SSSR count). The number of rotatable bonds is 6. The van der Waals surface area contributed by atoms with E-state index >= 15 is 0 Å². The molecule has 0 aliphatic rings. The fourth-order valence-corrected chi connectivity index (χ4v) is 2.71. The van der Waals surface area contributed by atoms with Crippen LogP contribution in [0.5, 0.6) is 11.5 Å². The lowest BCUT2D eigenvalue weighted by atomic mass is 10.0. The Kier molecular flexibility index (Phi) is 5.66. The van der Waals surface area contributed by atoms with E-state index in [-0.39, 0.29) is 12.4 Å². The van der Waals surface area contributed by atoms with Gasteiger partial charge in [0.1, 0.15) is 5.75 Å². The second-order valence-corrected chi connectivity index (χ2v) is 5.81. The van der Waals surface area contributed by atoms with E-state index in [4.69, 9.17) is 9.47 Å². The minimum absolute atomic E-state index is 0.0227. The van der Waals surface area contributed by atoms with Gasteiger partial charge in [0.2, 0.25) is 0 Å². The number of carbonyl (C=O) groups is 1. The number of nitrogens with one attached hydrogen (secondary N) is 1. The van der Waals surface area contributed by atoms with E-state index in [1.54, 1.807) is 26.2 Å². The van der Waals surface area contributed by atoms with Crippen LogP contribution in [-0.4, -0.2) is 25.3 Å². The molecule has 0 saturated carbocycles. The van der Waals surface area contributed by atoms with Crippen LogP contribution in [0, 0.1) is 5.82 Å². The summed E-state index contributed by atoms with van der Waals surface area (Å²) in [6.45, 7) is 1.47. The van der Waals surface area contributed by atoms with Crippen molar-refractivity contribution in [2.75, 3.05) is 13.7 Å². The van der Waals surface area contributed by atoms with Gasteiger partial charge in [0.15, 0.2) is 18.2 Å². The maximum atomic E-state index is 13.5. The average Bonchev–Trinajstić information content (AvgIpc) is 2.70. The highest BCUT2D eigenvalue weighted by atomic mass is 19.1. The Hall–Kier alpha value is -3.41. The van der Waals surface area contributed by atoms with Crippen molar-refractivity contribution in [3.8, 4) is 11.5 Å². The first kappa shape index (κ1) is 18.4. The third-order valence-corrected chi connectivity index (χ3v) is 4.04. The number of nitrogens with zero attached hydrogens (tertiary/aromatic N) is 1. The lowest BCUT2D eigenvalue weighted by molar-refractivity contribution is -0.123. The van der Waals surface area contributed by atoms with Crippen LogP contribution in [0.3, 0.4) is 0 Å². The molecule has 1 amide bonds. The standard InChI is InChI=1S/C21H19FN2O3/c1-14(15-11-12-19(26-2)17-8-4-3-7-16(15)17)23-24-21(25)13-27-20-10-6-5-9-18(20)22/h3-12H,13H2,1-2H3,(H,24,25)/b23-14-. The van der Waals surface area contributed by atoms with E-state index in [1.165, 1.54) is 12.1 Å². The number of carbonyl (C=O) groups excluding carboxylic acids is 1. The molecule has 3 aromatic rings. The fraction of sp³-hybridized carbons (Fsp3) is 0.143. The molecule has 0 aliphatic carbocycles. The first-order chi connectivity index (χ1) is 13.1. The Morgan fingerprint density at radius 2 is 1.70 bits per heavy atom. The molecule has 1 N–H and O–H groups in total. The van der Waals surface area contributed by atoms with Crippen LogP contribution in [0.2, 0.25) is 0 Å². The van der Waals surface area contributed by atoms with E-state index in [2.05, 4.69) is 10.5 Å². The van der Waals surface area contributed by atoms with Crippen LogP contribution < -0.4 is 14.9 Å². The number of halogens is 1. The highest BCUT2D eigenvalue weighted by molar-refractivity contribution is 6.11. The maximum Gasteiger partial charge on any atom is 0.277 e. The van der Waals surface area contributed by atoms with Gasteiger partial charge in [0.25, 0.3) is 5.91 Å². The van der Waals surface area contributed by atoms with Crippen molar-refractivity contribution in [1.82, 2.24) is 5.43 Å². The smallest absolute Gasteiger partial charge is 0.277 e. The van der Waals surface area contributed by atoms with Gasteiger partial charge in [-0.2, -0.15) is 5.10 Å². The number of hydrogen-bond donors (Lipinski definition) is 1. The Morgan fingerprint density at radius 3 is 2.44 bits per heavy atom. The number of amides is 1. The molecule has 0 saturated heterocycles. The largest absolute Gasteiger partial charge is 0.496 e. The van der Waals surface area contributed by atoms with Crippen molar-refractivity contribution in [2.24, 2.45) is 5.10 Å². The lowest BCUT2D eigenvalue weighted by Gasteiger charge is -2.10. The zero-order chi connectivity index (χ0) is 19.2. The predicted molar refractivity (Wildman–Crippen MR) is 103 cm³/mol. The molecule has 138 valence electrons. The number of hydrazone groups is 1. The Labute approximate surface area is 156 Å². The summed E-state index contributed by atoms with van der Waals surface area (Å²) in [5, 5.41) is 6.06. The molecule has 3 aromatic carbocycles. The molecule has 0 aliphatic heterocycles. The second-order valence-electron chi connectivity index (χ2n) is 5.81. The molecule has 5 nitrogen and oxygen atoms in total. The minimum atomic E-state index is -0.519. The van der Waals surface area contributed by atoms with Crippen LogP contribution >= 0.6 is 0 Å². The van der Waals surface area contributed by atoms with E-state index in [1.807, 2.05) is 36.4 Å². The number of hydrogen-bond acceptors (Lipinski definition) is 4. The van der Waals surface area contributed by atoms with Gasteiger partial charge in [-0.05, 0) is 36.6 Å². The number of fused-ring (bicyclic) bond motifs is 1. The topological polar surface area (TPSA) is 59.9 Å². The van der Waals surface area contributed by atoms with E-state index in [0.717, 1.165) is 22.1 Å². The van der Waals surface area contributed by atoms with Gasteiger partial charge in [-0.15, -0.1) is 0 Å². The molecule has 0 spiro atoms. The zero-order valence-electron chi connectivity index (χ0n) is 15.0. The van der Waals surface area contributed by atoms with Crippen LogP contribution in [0.1, 0.15) is 12.5 Å². The summed E-state index contributed by atoms with van der Waals surface area (Å²) in [5.74, 6) is -0.205. The average molecular weight is 366 g/mol. The zero-order valence-corrected chi connectivity index (χ0v) is 15.0. The summed E-state index contributed by atoms with van der Waals surface area (Å²) in [7, 11) is 1.62. The Balaban J connectivity index is 1.72. The summed E-state index contributed by atoms with van der Waals surface area (Å²) >= 11 is 0. The van der Waals surface area contributed by atoms with Crippen molar-refractivity contribution in [1.29, 1.82) is 0 Å². The number of benzene rings is 3. The predicted octanol–water partition coefficient (Wildman–Crippen LogP) is 3.91. The quantitative estimate of drug-likeness (QED) is 0.532. The minimum Gasteiger partial charge on any atom is -0.496 e. The Morgan fingerprint density at radius 1 is 1.00 bits per heavy atom. The summed E-state index contributed by atoms with van der Waals surface area (Å²) in [5.41, 5.74) is 3.94. The summed E-state index contributed by atoms with van der Waals surface area (Å²) in [4.78, 5) is 11.9. The second kappa shape index (κ2) is 8.31. The van der Waals surface area contributed by atoms with Crippen molar-refractivity contribution in [3.05, 3.63) is 72.0 Å². The molecule has 0 atom stereocenters. The van der Waals surface area contributed by atoms with Gasteiger partial charge in [-0.3, -0.25) is 4.79 Å². The third kappa shape index (κ3) is 4.23. The molecule has 0 fully saturated rings.